The summed E-state index contributed by atoms with van der Waals surface area (Å²) in [6.45, 7) is 7.11. The van der Waals surface area contributed by atoms with Crippen LogP contribution in [0.1, 0.15) is 32.6 Å². The van der Waals surface area contributed by atoms with Gasteiger partial charge in [0.25, 0.3) is 5.91 Å². The number of anilines is 2. The molecule has 2 amide bonds. The number of carbonyl (C=O) groups excluding carboxylic acids is 2. The van der Waals surface area contributed by atoms with Gasteiger partial charge in [-0.3, -0.25) is 9.59 Å². The molecule has 186 valence electrons. The number of nitrogens with zero attached hydrogens (tertiary/aromatic N) is 4. The molecule has 0 spiro atoms. The summed E-state index contributed by atoms with van der Waals surface area (Å²) in [5.41, 5.74) is 2.67. The molecule has 1 saturated heterocycles. The molecule has 4 aromatic rings. The number of rotatable bonds is 4. The highest BCUT2D eigenvalue weighted by molar-refractivity contribution is 6.05. The second kappa shape index (κ2) is 9.41. The second-order valence-corrected chi connectivity index (χ2v) is 9.17. The number of aromatic nitrogens is 3. The Labute approximate surface area is 209 Å². The van der Waals surface area contributed by atoms with Crippen LogP contribution in [0.4, 0.5) is 15.9 Å². The molecule has 8 nitrogen and oxygen atoms in total. The van der Waals surface area contributed by atoms with Gasteiger partial charge in [-0.25, -0.2) is 14.4 Å². The number of halogens is 1. The summed E-state index contributed by atoms with van der Waals surface area (Å²) in [5, 5.41) is 3.52. The molecule has 0 radical (unpaired) electrons. The zero-order valence-corrected chi connectivity index (χ0v) is 20.3. The highest BCUT2D eigenvalue weighted by Gasteiger charge is 2.31. The minimum absolute atomic E-state index is 0. The Kier molecular flexibility index (Phi) is 6.13. The average molecular weight is 489 g/mol. The molecule has 1 fully saturated rings. The van der Waals surface area contributed by atoms with E-state index in [1.165, 1.54) is 24.4 Å². The van der Waals surface area contributed by atoms with Crippen molar-refractivity contribution in [1.29, 1.82) is 0 Å². The molecule has 4 heterocycles. The molecule has 1 aliphatic rings. The SMILES string of the molecule is CC(=O)N1[C@H](C)CN(c2cccc(-c3c[nH]c4ncc(NC(=O)c5ccccc5F)cc34)n2)C[C@@H]1C.[HH]. The van der Waals surface area contributed by atoms with Crippen molar-refractivity contribution >= 4 is 34.4 Å². The van der Waals surface area contributed by atoms with E-state index in [0.717, 1.165) is 22.5 Å². The number of H-pyrrole nitrogens is 1. The summed E-state index contributed by atoms with van der Waals surface area (Å²) < 4.78 is 14.0. The first kappa shape index (κ1) is 23.5. The summed E-state index contributed by atoms with van der Waals surface area (Å²) >= 11 is 0. The highest BCUT2D eigenvalue weighted by atomic mass is 19.1. The predicted octanol–water partition coefficient (Wildman–Crippen LogP) is 4.71. The van der Waals surface area contributed by atoms with E-state index in [9.17, 15) is 14.0 Å². The lowest BCUT2D eigenvalue weighted by molar-refractivity contribution is -0.133. The van der Waals surface area contributed by atoms with Crippen molar-refractivity contribution in [2.24, 2.45) is 0 Å². The molecule has 0 bridgehead atoms. The molecule has 5 rings (SSSR count). The van der Waals surface area contributed by atoms with Gasteiger partial charge in [-0.2, -0.15) is 0 Å². The number of hydrogen-bond donors (Lipinski definition) is 2. The molecule has 36 heavy (non-hydrogen) atoms. The fourth-order valence-corrected chi connectivity index (χ4v) is 5.01. The number of fused-ring (bicyclic) bond motifs is 1. The van der Waals surface area contributed by atoms with Crippen LogP contribution in [0.3, 0.4) is 0 Å². The van der Waals surface area contributed by atoms with Crippen molar-refractivity contribution in [3.05, 3.63) is 72.3 Å². The van der Waals surface area contributed by atoms with Crippen LogP contribution in [0.15, 0.2) is 60.9 Å². The Morgan fingerprint density at radius 2 is 1.86 bits per heavy atom. The summed E-state index contributed by atoms with van der Waals surface area (Å²) in [7, 11) is 0. The van der Waals surface area contributed by atoms with E-state index in [-0.39, 0.29) is 25.0 Å². The first-order valence-electron chi connectivity index (χ1n) is 11.9. The number of pyridine rings is 2. The Morgan fingerprint density at radius 3 is 2.58 bits per heavy atom. The van der Waals surface area contributed by atoms with Gasteiger partial charge in [0, 0.05) is 50.7 Å². The number of hydrogen-bond acceptors (Lipinski definition) is 5. The largest absolute Gasteiger partial charge is 0.352 e. The molecule has 2 N–H and O–H groups in total. The zero-order chi connectivity index (χ0) is 25.4. The molecule has 3 aromatic heterocycles. The normalized spacial score (nSPS) is 17.9. The average Bonchev–Trinajstić information content (AvgIpc) is 3.27. The lowest BCUT2D eigenvalue weighted by atomic mass is 10.1. The highest BCUT2D eigenvalue weighted by Crippen LogP contribution is 2.30. The van der Waals surface area contributed by atoms with Crippen molar-refractivity contribution in [2.75, 3.05) is 23.3 Å². The maximum absolute atomic E-state index is 14.0. The molecule has 0 saturated carbocycles. The smallest absolute Gasteiger partial charge is 0.258 e. The molecule has 2 atom stereocenters. The zero-order valence-electron chi connectivity index (χ0n) is 20.3. The van der Waals surface area contributed by atoms with Gasteiger partial charge in [0.1, 0.15) is 17.3 Å². The fraction of sp³-hybridized carbons (Fsp3) is 0.259. The maximum Gasteiger partial charge on any atom is 0.258 e. The Hall–Kier alpha value is -4.27. The Balaban J connectivity index is 0.00000320. The third kappa shape index (κ3) is 4.39. The molecule has 1 aliphatic heterocycles. The van der Waals surface area contributed by atoms with E-state index in [1.54, 1.807) is 19.1 Å². The number of amides is 2. The van der Waals surface area contributed by atoms with E-state index >= 15 is 0 Å². The molecular weight excluding hydrogens is 459 g/mol. The second-order valence-electron chi connectivity index (χ2n) is 9.17. The Bertz CT molecular complexity index is 1450. The van der Waals surface area contributed by atoms with Crippen molar-refractivity contribution in [1.82, 2.24) is 19.9 Å². The minimum atomic E-state index is -0.583. The van der Waals surface area contributed by atoms with Crippen molar-refractivity contribution in [3.63, 3.8) is 0 Å². The number of aromatic amines is 1. The van der Waals surface area contributed by atoms with Crippen LogP contribution in [0.5, 0.6) is 0 Å². The Morgan fingerprint density at radius 1 is 1.11 bits per heavy atom. The molecule has 1 aromatic carbocycles. The van der Waals surface area contributed by atoms with E-state index in [4.69, 9.17) is 4.98 Å². The molecule has 0 unspecified atom stereocenters. The molecule has 0 aliphatic carbocycles. The number of benzene rings is 1. The van der Waals surface area contributed by atoms with E-state index < -0.39 is 11.7 Å². The number of piperazine rings is 1. The van der Waals surface area contributed by atoms with Crippen LogP contribution < -0.4 is 10.2 Å². The van der Waals surface area contributed by atoms with Crippen LogP contribution in [0.2, 0.25) is 0 Å². The van der Waals surface area contributed by atoms with Crippen LogP contribution in [-0.2, 0) is 4.79 Å². The fourth-order valence-electron chi connectivity index (χ4n) is 5.01. The van der Waals surface area contributed by atoms with Gasteiger partial charge in [-0.05, 0) is 44.2 Å². The molecular formula is C27H29FN6O2. The van der Waals surface area contributed by atoms with Gasteiger partial charge in [0.2, 0.25) is 5.91 Å². The van der Waals surface area contributed by atoms with Gasteiger partial charge in [-0.15, -0.1) is 0 Å². The summed E-state index contributed by atoms with van der Waals surface area (Å²) in [6.07, 6.45) is 3.37. The topological polar surface area (TPSA) is 94.2 Å². The van der Waals surface area contributed by atoms with Crippen LogP contribution in [0.25, 0.3) is 22.3 Å². The van der Waals surface area contributed by atoms with E-state index in [0.29, 0.717) is 24.4 Å². The summed E-state index contributed by atoms with van der Waals surface area (Å²) in [5.74, 6) is -0.208. The maximum atomic E-state index is 14.0. The van der Waals surface area contributed by atoms with Crippen molar-refractivity contribution in [3.8, 4) is 11.3 Å². The first-order chi connectivity index (χ1) is 17.3. The lowest BCUT2D eigenvalue weighted by Crippen LogP contribution is -2.58. The van der Waals surface area contributed by atoms with Crippen molar-refractivity contribution < 1.29 is 15.4 Å². The van der Waals surface area contributed by atoms with Crippen LogP contribution in [-0.4, -0.2) is 56.8 Å². The molecule has 9 heteroatoms. The van der Waals surface area contributed by atoms with Gasteiger partial charge < -0.3 is 20.1 Å². The third-order valence-electron chi connectivity index (χ3n) is 6.52. The number of nitrogens with one attached hydrogen (secondary N) is 2. The van der Waals surface area contributed by atoms with Crippen LogP contribution in [0, 0.1) is 5.82 Å². The van der Waals surface area contributed by atoms with E-state index in [1.807, 2.05) is 29.3 Å². The number of carbonyl (C=O) groups is 2. The van der Waals surface area contributed by atoms with Crippen molar-refractivity contribution in [2.45, 2.75) is 32.9 Å². The monoisotopic (exact) mass is 488 g/mol. The lowest BCUT2D eigenvalue weighted by Gasteiger charge is -2.44. The third-order valence-corrected chi connectivity index (χ3v) is 6.52. The first-order valence-corrected chi connectivity index (χ1v) is 11.9. The standard InChI is InChI=1S/C27H27FN6O2.H2/c1-16-14-33(15-17(2)34(16)18(3)35)25-10-6-9-24(32-25)22-13-30-26-21(22)11-19(12-29-26)31-27(36)20-7-4-5-8-23(20)28;/h4-13,16-17H,14-15H2,1-3H3,(H,29,30)(H,31,36);1H/t16-,17+;. The summed E-state index contributed by atoms with van der Waals surface area (Å²) in [6, 6.07) is 13.7. The van der Waals surface area contributed by atoms with Gasteiger partial charge in [0.15, 0.2) is 0 Å². The van der Waals surface area contributed by atoms with Gasteiger partial charge in [-0.1, -0.05) is 18.2 Å². The van der Waals surface area contributed by atoms with E-state index in [2.05, 4.69) is 34.0 Å². The van der Waals surface area contributed by atoms with Crippen LogP contribution >= 0.6 is 0 Å². The minimum Gasteiger partial charge on any atom is -0.352 e. The van der Waals surface area contributed by atoms with Gasteiger partial charge >= 0.3 is 0 Å². The summed E-state index contributed by atoms with van der Waals surface area (Å²) in [4.78, 5) is 41.2. The quantitative estimate of drug-likeness (QED) is 0.434. The van der Waals surface area contributed by atoms with Gasteiger partial charge in [0.05, 0.1) is 23.1 Å². The predicted molar refractivity (Wildman–Crippen MR) is 139 cm³/mol.